The number of sulfonamides is 1. The molecule has 2 heterocycles. The van der Waals surface area contributed by atoms with Crippen LogP contribution in [0.1, 0.15) is 47.9 Å². The molecule has 8 heteroatoms. The van der Waals surface area contributed by atoms with E-state index in [0.29, 0.717) is 13.2 Å². The van der Waals surface area contributed by atoms with Crippen LogP contribution in [0, 0.1) is 13.8 Å². The molecule has 0 N–H and O–H groups in total. The Kier molecular flexibility index (Phi) is 5.44. The normalized spacial score (nSPS) is 20.4. The molecule has 29 heavy (non-hydrogen) atoms. The Morgan fingerprint density at radius 2 is 2.03 bits per heavy atom. The first kappa shape index (κ1) is 20.4. The minimum atomic E-state index is -3.22. The fourth-order valence-corrected chi connectivity index (χ4v) is 5.02. The van der Waals surface area contributed by atoms with E-state index < -0.39 is 10.0 Å². The number of benzene rings is 1. The summed E-state index contributed by atoms with van der Waals surface area (Å²) in [6, 6.07) is 6.43. The molecule has 0 saturated heterocycles. The summed E-state index contributed by atoms with van der Waals surface area (Å²) in [5, 5.41) is 4.07. The third-order valence-corrected chi connectivity index (χ3v) is 7.14. The summed E-state index contributed by atoms with van der Waals surface area (Å²) in [5.74, 6) is 1.72. The van der Waals surface area contributed by atoms with Crippen molar-refractivity contribution in [2.24, 2.45) is 0 Å². The van der Waals surface area contributed by atoms with Crippen LogP contribution in [0.5, 0.6) is 5.75 Å². The average molecular weight is 420 g/mol. The Hall–Kier alpha value is -1.90. The fourth-order valence-electron chi connectivity index (χ4n) is 3.89. The number of hydrogen-bond donors (Lipinski definition) is 0. The number of aryl methyl sites for hydroxylation is 2. The maximum atomic E-state index is 12.2. The van der Waals surface area contributed by atoms with Gasteiger partial charge in [0.25, 0.3) is 0 Å². The van der Waals surface area contributed by atoms with Crippen LogP contribution in [-0.4, -0.2) is 47.7 Å². The van der Waals surface area contributed by atoms with Crippen molar-refractivity contribution in [3.63, 3.8) is 0 Å². The lowest BCUT2D eigenvalue weighted by Gasteiger charge is -2.26. The molecule has 2 aliphatic rings. The van der Waals surface area contributed by atoms with Crippen LogP contribution in [0.25, 0.3) is 0 Å². The van der Waals surface area contributed by atoms with Crippen molar-refractivity contribution in [1.29, 1.82) is 0 Å². The van der Waals surface area contributed by atoms with Gasteiger partial charge < -0.3 is 9.26 Å². The molecule has 0 unspecified atom stereocenters. The van der Waals surface area contributed by atoms with E-state index in [4.69, 9.17) is 9.26 Å². The molecule has 0 amide bonds. The molecule has 4 rings (SSSR count). The molecule has 1 aromatic carbocycles. The van der Waals surface area contributed by atoms with E-state index >= 15 is 0 Å². The van der Waals surface area contributed by atoms with Crippen LogP contribution in [0.2, 0.25) is 0 Å². The van der Waals surface area contributed by atoms with Crippen molar-refractivity contribution in [3.05, 3.63) is 46.3 Å². The van der Waals surface area contributed by atoms with Crippen LogP contribution in [0.15, 0.2) is 22.7 Å². The largest absolute Gasteiger partial charge is 0.492 e. The smallest absolute Gasteiger partial charge is 0.211 e. The number of ether oxygens (including phenoxy) is 1. The molecular weight excluding hydrogens is 390 g/mol. The second-order valence-corrected chi connectivity index (χ2v) is 10.3. The molecule has 2 aromatic rings. The first-order chi connectivity index (χ1) is 13.7. The first-order valence-electron chi connectivity index (χ1n) is 10.1. The van der Waals surface area contributed by atoms with Gasteiger partial charge in [-0.3, -0.25) is 4.90 Å². The van der Waals surface area contributed by atoms with Crippen LogP contribution >= 0.6 is 0 Å². The van der Waals surface area contributed by atoms with E-state index in [0.717, 1.165) is 59.8 Å². The Morgan fingerprint density at radius 3 is 2.66 bits per heavy atom. The number of fused-ring (bicyclic) bond motifs is 1. The van der Waals surface area contributed by atoms with Crippen molar-refractivity contribution in [2.45, 2.75) is 65.3 Å². The second-order valence-electron chi connectivity index (χ2n) is 8.35. The molecule has 7 nitrogen and oxygen atoms in total. The Bertz CT molecular complexity index is 978. The monoisotopic (exact) mass is 419 g/mol. The Balaban J connectivity index is 1.57. The van der Waals surface area contributed by atoms with Gasteiger partial charge in [-0.1, -0.05) is 11.2 Å². The molecule has 0 spiro atoms. The van der Waals surface area contributed by atoms with Gasteiger partial charge in [-0.05, 0) is 51.3 Å². The lowest BCUT2D eigenvalue weighted by molar-refractivity contribution is 0.150. The molecule has 1 aliphatic carbocycles. The zero-order valence-corrected chi connectivity index (χ0v) is 18.3. The van der Waals surface area contributed by atoms with Crippen LogP contribution in [-0.2, 0) is 29.7 Å². The maximum Gasteiger partial charge on any atom is 0.211 e. The van der Waals surface area contributed by atoms with Crippen molar-refractivity contribution in [1.82, 2.24) is 14.4 Å². The van der Waals surface area contributed by atoms with Gasteiger partial charge in [0.1, 0.15) is 18.1 Å². The standard InChI is InChI=1S/C21H29N3O4S/c1-14-13-27-21-8-5-17(10-24(19-6-7-19)29(4,25)26)9-18(21)11-23(14)12-20-15(2)22-28-16(20)3/h5,8-9,14,19H,6-7,10-13H2,1-4H3/t14-/m0/s1. The summed E-state index contributed by atoms with van der Waals surface area (Å²) < 4.78 is 37.3. The summed E-state index contributed by atoms with van der Waals surface area (Å²) in [6.07, 6.45) is 3.19. The molecule has 1 fully saturated rings. The van der Waals surface area contributed by atoms with Crippen molar-refractivity contribution in [3.8, 4) is 5.75 Å². The lowest BCUT2D eigenvalue weighted by atomic mass is 10.1. The van der Waals surface area contributed by atoms with E-state index in [2.05, 4.69) is 23.0 Å². The van der Waals surface area contributed by atoms with E-state index in [1.807, 2.05) is 26.0 Å². The summed E-state index contributed by atoms with van der Waals surface area (Å²) >= 11 is 0. The second kappa shape index (κ2) is 7.74. The van der Waals surface area contributed by atoms with Gasteiger partial charge in [-0.25, -0.2) is 8.42 Å². The molecule has 158 valence electrons. The van der Waals surface area contributed by atoms with E-state index in [1.165, 1.54) is 6.26 Å². The maximum absolute atomic E-state index is 12.2. The highest BCUT2D eigenvalue weighted by molar-refractivity contribution is 7.88. The van der Waals surface area contributed by atoms with Crippen LogP contribution in [0.4, 0.5) is 0 Å². The third kappa shape index (κ3) is 4.49. The zero-order valence-electron chi connectivity index (χ0n) is 17.5. The fraction of sp³-hybridized carbons (Fsp3) is 0.571. The highest BCUT2D eigenvalue weighted by Crippen LogP contribution is 2.32. The highest BCUT2D eigenvalue weighted by atomic mass is 32.2. The topological polar surface area (TPSA) is 75.9 Å². The number of aromatic nitrogens is 1. The van der Waals surface area contributed by atoms with Crippen LogP contribution in [0.3, 0.4) is 0 Å². The molecule has 1 saturated carbocycles. The van der Waals surface area contributed by atoms with Gasteiger partial charge in [-0.15, -0.1) is 0 Å². The van der Waals surface area contributed by atoms with Gasteiger partial charge in [0, 0.05) is 42.8 Å². The van der Waals surface area contributed by atoms with Gasteiger partial charge in [-0.2, -0.15) is 4.31 Å². The van der Waals surface area contributed by atoms with Crippen molar-refractivity contribution >= 4 is 10.0 Å². The van der Waals surface area contributed by atoms with E-state index in [-0.39, 0.29) is 12.1 Å². The van der Waals surface area contributed by atoms with E-state index in [1.54, 1.807) is 4.31 Å². The van der Waals surface area contributed by atoms with Gasteiger partial charge in [0.15, 0.2) is 0 Å². The summed E-state index contributed by atoms with van der Waals surface area (Å²) in [5.41, 5.74) is 4.12. The lowest BCUT2D eigenvalue weighted by Crippen LogP contribution is -2.34. The summed E-state index contributed by atoms with van der Waals surface area (Å²) in [7, 11) is -3.22. The zero-order chi connectivity index (χ0) is 20.8. The third-order valence-electron chi connectivity index (χ3n) is 5.86. The average Bonchev–Trinajstić information content (AvgIpc) is 3.45. The van der Waals surface area contributed by atoms with Gasteiger partial charge >= 0.3 is 0 Å². The molecular formula is C21H29N3O4S. The van der Waals surface area contributed by atoms with Crippen molar-refractivity contribution in [2.75, 3.05) is 12.9 Å². The predicted molar refractivity (Wildman–Crippen MR) is 110 cm³/mol. The molecule has 1 aromatic heterocycles. The van der Waals surface area contributed by atoms with Crippen LogP contribution < -0.4 is 4.74 Å². The minimum absolute atomic E-state index is 0.149. The van der Waals surface area contributed by atoms with Crippen molar-refractivity contribution < 1.29 is 17.7 Å². The Morgan fingerprint density at radius 1 is 1.28 bits per heavy atom. The molecule has 0 bridgehead atoms. The SMILES string of the molecule is Cc1noc(C)c1CN1Cc2cc(CN(C3CC3)S(C)(=O)=O)ccc2OC[C@@H]1C. The van der Waals surface area contributed by atoms with Gasteiger partial charge in [0.2, 0.25) is 10.0 Å². The molecule has 0 radical (unpaired) electrons. The first-order valence-corrected chi connectivity index (χ1v) is 11.9. The highest BCUT2D eigenvalue weighted by Gasteiger charge is 2.35. The minimum Gasteiger partial charge on any atom is -0.492 e. The summed E-state index contributed by atoms with van der Waals surface area (Å²) in [6.45, 7) is 8.56. The van der Waals surface area contributed by atoms with Gasteiger partial charge in [0.05, 0.1) is 11.9 Å². The number of hydrogen-bond acceptors (Lipinski definition) is 6. The molecule has 1 aliphatic heterocycles. The predicted octanol–water partition coefficient (Wildman–Crippen LogP) is 3.00. The molecule has 1 atom stereocenters. The number of nitrogens with zero attached hydrogens (tertiary/aromatic N) is 3. The number of rotatable bonds is 6. The summed E-state index contributed by atoms with van der Waals surface area (Å²) in [4.78, 5) is 2.36. The Labute approximate surface area is 172 Å². The van der Waals surface area contributed by atoms with E-state index in [9.17, 15) is 8.42 Å². The quantitative estimate of drug-likeness (QED) is 0.716.